The maximum Gasteiger partial charge on any atom is 0.260 e. The molecule has 0 fully saturated rings. The summed E-state index contributed by atoms with van der Waals surface area (Å²) < 4.78 is 174. The molecule has 92 heavy (non-hydrogen) atoms. The highest BCUT2D eigenvalue weighted by molar-refractivity contribution is 7.03. The van der Waals surface area contributed by atoms with E-state index in [1.165, 1.54) is 0 Å². The first-order chi connectivity index (χ1) is 51.2. The van der Waals surface area contributed by atoms with E-state index in [1.807, 2.05) is 137 Å². The number of fused-ring (bicyclic) bond motifs is 9. The molecule has 12 aromatic carbocycles. The molecule has 5 nitrogen and oxygen atoms in total. The first-order valence-electron chi connectivity index (χ1n) is 39.0. The smallest absolute Gasteiger partial charge is 0.260 e. The van der Waals surface area contributed by atoms with Crippen LogP contribution in [0.25, 0.3) is 55.6 Å². The number of nitrogens with zero attached hydrogens (tertiary/aromatic N) is 3. The fourth-order valence-corrected chi connectivity index (χ4v) is 13.6. The molecule has 0 N–H and O–H groups in total. The second-order valence-electron chi connectivity index (χ2n) is 27.0. The van der Waals surface area contributed by atoms with Gasteiger partial charge in [0.1, 0.15) is 23.0 Å². The molecule has 12 aromatic rings. The van der Waals surface area contributed by atoms with Crippen LogP contribution in [0.2, 0.25) is 0 Å². The van der Waals surface area contributed by atoms with Crippen molar-refractivity contribution in [1.29, 1.82) is 5.26 Å². The van der Waals surface area contributed by atoms with Crippen LogP contribution in [0.3, 0.4) is 0 Å². The van der Waals surface area contributed by atoms with Crippen molar-refractivity contribution in [3.63, 3.8) is 0 Å². The van der Waals surface area contributed by atoms with Crippen molar-refractivity contribution in [2.45, 2.75) is 78.6 Å². The molecule has 0 saturated heterocycles. The summed E-state index contributed by atoms with van der Waals surface area (Å²) in [5.41, 5.74) is 6.66. The molecule has 4 heterocycles. The highest BCUT2D eigenvalue weighted by Crippen LogP contribution is 2.56. The van der Waals surface area contributed by atoms with Gasteiger partial charge in [0.25, 0.3) is 13.4 Å². The molecule has 16 rings (SSSR count). The van der Waals surface area contributed by atoms with Gasteiger partial charge in [0.2, 0.25) is 0 Å². The molecule has 0 saturated carbocycles. The third-order valence-corrected chi connectivity index (χ3v) is 18.2. The van der Waals surface area contributed by atoms with Crippen LogP contribution in [0.4, 0.5) is 34.1 Å². The molecule has 0 amide bonds. The quantitative estimate of drug-likeness (QED) is 0.149. The van der Waals surface area contributed by atoms with Crippen LogP contribution < -0.4 is 52.1 Å². The van der Waals surface area contributed by atoms with Gasteiger partial charge in [-0.1, -0.05) is 244 Å². The number of para-hydroxylation sites is 2. The van der Waals surface area contributed by atoms with Crippen LogP contribution >= 0.6 is 0 Å². The summed E-state index contributed by atoms with van der Waals surface area (Å²) in [6.45, 7) is 15.8. The van der Waals surface area contributed by atoms with Crippen molar-refractivity contribution in [2.24, 2.45) is 0 Å². The Bertz CT molecular complexity index is 5830. The Labute approximate surface area is 564 Å². The van der Waals surface area contributed by atoms with E-state index in [-0.39, 0.29) is 50.2 Å². The molecule has 7 heteroatoms. The molecular weight excluding hydrogens is 1120 g/mol. The van der Waals surface area contributed by atoms with Crippen LogP contribution in [0.5, 0.6) is 23.0 Å². The van der Waals surface area contributed by atoms with Gasteiger partial charge in [-0.3, -0.25) is 0 Å². The average Bonchev–Trinajstić information content (AvgIpc) is 0.656. The highest BCUT2D eigenvalue weighted by atomic mass is 16.5. The van der Waals surface area contributed by atoms with Crippen LogP contribution in [0.1, 0.15) is 106 Å². The molecule has 0 bridgehead atoms. The number of rotatable bonds is 7. The first kappa shape index (κ1) is 41.7. The lowest BCUT2D eigenvalue weighted by Gasteiger charge is -2.48. The summed E-state index contributed by atoms with van der Waals surface area (Å²) in [6.07, 6.45) is 0. The number of nitriles is 1. The SMILES string of the molecule is [2H]c1c([2H])c([2H])c2c(c1[2H])Oc1c([2H])c3c(c4c1B2c1c([2H])c([2H])c([2H])c([2H])c1O4)B1c2c(cc(C(C)(C)C)cc2N3c2c(-c3ccccc3)cc(C(C)(C)C)cc2-c2ccccc2)N(c2c(-c3ccccc3)cc(C(C)(C)C)cc2-c2ccccc2)c2c([2H])c([2H])c(-c3c([2H])c([2H])c(C#N)c([2H])c3[2H])c([2H])c21. The Hall–Kier alpha value is -10.5. The molecular formula is C85H69B2N3O2. The van der Waals surface area contributed by atoms with E-state index < -0.39 is 155 Å². The molecule has 0 unspecified atom stereocenters. The fourth-order valence-electron chi connectivity index (χ4n) is 13.6. The van der Waals surface area contributed by atoms with Gasteiger partial charge in [-0.05, 0) is 160 Å². The highest BCUT2D eigenvalue weighted by Gasteiger charge is 2.51. The Morgan fingerprint density at radius 1 is 0.370 bits per heavy atom. The number of hydrogen-bond acceptors (Lipinski definition) is 5. The summed E-state index contributed by atoms with van der Waals surface area (Å²) >= 11 is 0. The number of benzene rings is 12. The zero-order chi connectivity index (χ0) is 76.9. The average molecular weight is 1200 g/mol. The lowest BCUT2D eigenvalue weighted by molar-refractivity contribution is 0.467. The third kappa shape index (κ3) is 9.21. The molecule has 0 spiro atoms. The molecule has 4 aliphatic heterocycles. The molecule has 0 aliphatic carbocycles. The zero-order valence-electron chi connectivity index (χ0n) is 68.3. The Morgan fingerprint density at radius 2 is 0.783 bits per heavy atom. The number of ether oxygens (including phenoxy) is 2. The summed E-state index contributed by atoms with van der Waals surface area (Å²) in [7, 11) is 0. The second kappa shape index (κ2) is 21.3. The van der Waals surface area contributed by atoms with Gasteiger partial charge in [-0.2, -0.15) is 5.26 Å². The molecule has 0 atom stereocenters. The molecule has 0 radical (unpaired) electrons. The number of hydrogen-bond donors (Lipinski definition) is 0. The minimum absolute atomic E-state index is 0.0115. The van der Waals surface area contributed by atoms with Crippen LogP contribution in [0, 0.1) is 11.3 Å². The van der Waals surface area contributed by atoms with Gasteiger partial charge >= 0.3 is 0 Å². The minimum Gasteiger partial charge on any atom is -0.459 e. The summed E-state index contributed by atoms with van der Waals surface area (Å²) in [6, 6.07) is 43.4. The van der Waals surface area contributed by atoms with Crippen LogP contribution in [-0.2, 0) is 16.2 Å². The van der Waals surface area contributed by atoms with Crippen molar-refractivity contribution < 1.29 is 31.4 Å². The summed E-state index contributed by atoms with van der Waals surface area (Å²) in [5.74, 6) is -1.29. The standard InChI is InChI=1S/C85H69B2N3O2/c1-83(2,3)60-45-63(55-26-14-10-15-27-55)80(64(46-60)56-28-16-11-17-29-56)89-70-43-42-59(54-40-38-53(52-88)39-41-54)44-69(70)87-77-71(89)49-62(85(7,8)9)50-72(77)90(81-65(57-30-18-12-19-31-57)47-61(84(4,5)6)48-66(81)58-32-20-13-21-33-58)73-51-76-79-82(78(73)87)92-75-37-25-23-35-68(75)86(79)67-34-22-24-36-74(67)91-76/h10-51H,1-9H3/i22D,23D,24D,25D,34D,35D,36D,37D,38D,39D,40D,41D,42D,43D,44D,51D. The summed E-state index contributed by atoms with van der Waals surface area (Å²) in [5, 5.41) is 10.4. The van der Waals surface area contributed by atoms with Gasteiger partial charge < -0.3 is 19.3 Å². The van der Waals surface area contributed by atoms with Crippen molar-refractivity contribution in [3.05, 3.63) is 277 Å². The van der Waals surface area contributed by atoms with E-state index in [0.717, 1.165) is 38.9 Å². The van der Waals surface area contributed by atoms with Gasteiger partial charge in [-0.15, -0.1) is 0 Å². The predicted molar refractivity (Wildman–Crippen MR) is 386 cm³/mol. The topological polar surface area (TPSA) is 48.7 Å². The predicted octanol–water partition coefficient (Wildman–Crippen LogP) is 18.6. The van der Waals surface area contributed by atoms with Crippen molar-refractivity contribution >= 4 is 80.3 Å². The lowest BCUT2D eigenvalue weighted by Crippen LogP contribution is -2.65. The molecule has 0 aromatic heterocycles. The monoisotopic (exact) mass is 1200 g/mol. The van der Waals surface area contributed by atoms with Gasteiger partial charge in [0, 0.05) is 56.5 Å². The molecule has 442 valence electrons. The van der Waals surface area contributed by atoms with Gasteiger partial charge in [0.05, 0.1) is 44.9 Å². The maximum absolute atomic E-state index is 11.5. The number of anilines is 6. The normalized spacial score (nSPS) is 15.8. The van der Waals surface area contributed by atoms with Gasteiger partial charge in [0.15, 0.2) is 0 Å². The lowest BCUT2D eigenvalue weighted by atomic mass is 9.30. The Kier molecular flexibility index (Phi) is 9.65. The van der Waals surface area contributed by atoms with E-state index in [4.69, 9.17) is 10.8 Å². The van der Waals surface area contributed by atoms with E-state index >= 15 is 0 Å². The Morgan fingerprint density at radius 3 is 1.23 bits per heavy atom. The van der Waals surface area contributed by atoms with Crippen molar-refractivity contribution in [3.8, 4) is 84.7 Å². The van der Waals surface area contributed by atoms with E-state index in [0.29, 0.717) is 50.5 Å². The maximum atomic E-state index is 11.5. The van der Waals surface area contributed by atoms with E-state index in [2.05, 4.69) is 98.7 Å². The fraction of sp³-hybridized carbons (Fsp3) is 0.141. The van der Waals surface area contributed by atoms with Gasteiger partial charge in [-0.25, -0.2) is 0 Å². The minimum atomic E-state index is -1.60. The van der Waals surface area contributed by atoms with Crippen molar-refractivity contribution in [1.82, 2.24) is 0 Å². The van der Waals surface area contributed by atoms with Crippen LogP contribution in [0.15, 0.2) is 254 Å². The Balaban J connectivity index is 1.21. The van der Waals surface area contributed by atoms with E-state index in [1.54, 1.807) is 0 Å². The third-order valence-electron chi connectivity index (χ3n) is 18.2. The van der Waals surface area contributed by atoms with E-state index in [9.17, 15) is 25.8 Å². The first-order valence-corrected chi connectivity index (χ1v) is 31.0. The summed E-state index contributed by atoms with van der Waals surface area (Å²) in [4.78, 5) is 3.95. The molecule has 4 aliphatic rings. The zero-order valence-corrected chi connectivity index (χ0v) is 52.3. The van der Waals surface area contributed by atoms with Crippen molar-refractivity contribution in [2.75, 3.05) is 9.80 Å². The van der Waals surface area contributed by atoms with Crippen LogP contribution in [-0.4, -0.2) is 13.4 Å². The second-order valence-corrected chi connectivity index (χ2v) is 27.0. The largest absolute Gasteiger partial charge is 0.459 e.